The van der Waals surface area contributed by atoms with Crippen molar-refractivity contribution >= 4 is 17.0 Å². The van der Waals surface area contributed by atoms with E-state index in [1.54, 1.807) is 0 Å². The maximum atomic E-state index is 11.9. The summed E-state index contributed by atoms with van der Waals surface area (Å²) in [6.07, 6.45) is 4.84. The van der Waals surface area contributed by atoms with Crippen LogP contribution >= 0.6 is 0 Å². The molecule has 3 rings (SSSR count). The van der Waals surface area contributed by atoms with E-state index in [9.17, 15) is 4.79 Å². The van der Waals surface area contributed by atoms with Crippen LogP contribution in [0, 0.1) is 0 Å². The normalized spacial score (nSPS) is 17.7. The summed E-state index contributed by atoms with van der Waals surface area (Å²) in [5, 5.41) is 3.35. The molecule has 2 heterocycles. The van der Waals surface area contributed by atoms with E-state index >= 15 is 0 Å². The van der Waals surface area contributed by atoms with Crippen molar-refractivity contribution in [1.82, 2.24) is 14.9 Å². The van der Waals surface area contributed by atoms with E-state index in [0.29, 0.717) is 12.6 Å². The number of carbonyl (C=O) groups excluding carboxylic acids is 1. The minimum Gasteiger partial charge on any atom is -0.465 e. The summed E-state index contributed by atoms with van der Waals surface area (Å²) in [7, 11) is 2.00. The molecule has 0 aliphatic heterocycles. The van der Waals surface area contributed by atoms with E-state index in [4.69, 9.17) is 4.74 Å². The maximum Gasteiger partial charge on any atom is 0.325 e. The second-order valence-electron chi connectivity index (χ2n) is 5.42. The van der Waals surface area contributed by atoms with Crippen molar-refractivity contribution in [3.05, 3.63) is 29.6 Å². The zero-order valence-corrected chi connectivity index (χ0v) is 12.6. The molecule has 0 fully saturated rings. The summed E-state index contributed by atoms with van der Waals surface area (Å²) in [5.74, 6) is -0.184. The van der Waals surface area contributed by atoms with Crippen molar-refractivity contribution in [2.45, 2.75) is 38.8 Å². The zero-order valence-electron chi connectivity index (χ0n) is 12.6. The summed E-state index contributed by atoms with van der Waals surface area (Å²) in [4.78, 5) is 16.4. The molecule has 112 valence electrons. The Balaban J connectivity index is 2.05. The average Bonchev–Trinajstić information content (AvgIpc) is 2.81. The number of nitrogens with zero attached hydrogens (tertiary/aromatic N) is 2. The third kappa shape index (κ3) is 2.53. The SMILES string of the molecule is CCOC(=O)Cn1c2c(c3ncccc31)CC(NC)CC2. The smallest absolute Gasteiger partial charge is 0.325 e. The molecule has 21 heavy (non-hydrogen) atoms. The highest BCUT2D eigenvalue weighted by molar-refractivity contribution is 5.83. The number of carbonyl (C=O) groups is 1. The first-order valence-corrected chi connectivity index (χ1v) is 7.52. The highest BCUT2D eigenvalue weighted by Crippen LogP contribution is 2.31. The Morgan fingerprint density at radius 3 is 3.19 bits per heavy atom. The van der Waals surface area contributed by atoms with E-state index < -0.39 is 0 Å². The van der Waals surface area contributed by atoms with Gasteiger partial charge in [0.1, 0.15) is 6.54 Å². The van der Waals surface area contributed by atoms with Crippen LogP contribution < -0.4 is 5.32 Å². The van der Waals surface area contributed by atoms with E-state index in [1.807, 2.05) is 32.3 Å². The molecule has 0 bridgehead atoms. The number of fused-ring (bicyclic) bond motifs is 3. The number of aromatic nitrogens is 2. The lowest BCUT2D eigenvalue weighted by Gasteiger charge is -2.23. The van der Waals surface area contributed by atoms with Crippen LogP contribution in [0.2, 0.25) is 0 Å². The predicted molar refractivity (Wildman–Crippen MR) is 81.2 cm³/mol. The quantitative estimate of drug-likeness (QED) is 0.869. The molecule has 0 saturated heterocycles. The van der Waals surface area contributed by atoms with Crippen LogP contribution in [0.1, 0.15) is 24.6 Å². The van der Waals surface area contributed by atoms with Crippen molar-refractivity contribution in [2.75, 3.05) is 13.7 Å². The molecule has 5 heteroatoms. The van der Waals surface area contributed by atoms with Crippen molar-refractivity contribution < 1.29 is 9.53 Å². The molecule has 2 aromatic heterocycles. The Morgan fingerprint density at radius 1 is 1.57 bits per heavy atom. The molecule has 1 unspecified atom stereocenters. The number of ether oxygens (including phenoxy) is 1. The van der Waals surface area contributed by atoms with Gasteiger partial charge in [-0.25, -0.2) is 0 Å². The summed E-state index contributed by atoms with van der Waals surface area (Å²) in [6, 6.07) is 4.44. The zero-order chi connectivity index (χ0) is 14.8. The van der Waals surface area contributed by atoms with Crippen LogP contribution in [0.15, 0.2) is 18.3 Å². The molecule has 1 N–H and O–H groups in total. The average molecular weight is 287 g/mol. The summed E-state index contributed by atoms with van der Waals surface area (Å²) in [6.45, 7) is 2.52. The van der Waals surface area contributed by atoms with Crippen molar-refractivity contribution in [2.24, 2.45) is 0 Å². The second kappa shape index (κ2) is 5.85. The minimum absolute atomic E-state index is 0.184. The number of likely N-dealkylation sites (N-methyl/N-ethyl adjacent to an activating group) is 1. The number of pyridine rings is 1. The first-order chi connectivity index (χ1) is 10.2. The summed E-state index contributed by atoms with van der Waals surface area (Å²) < 4.78 is 7.19. The van der Waals surface area contributed by atoms with Gasteiger partial charge in [-0.3, -0.25) is 9.78 Å². The lowest BCUT2D eigenvalue weighted by molar-refractivity contribution is -0.143. The standard InChI is InChI=1S/C16H21N3O2/c1-3-21-15(20)10-19-13-7-6-11(17-2)9-12(13)16-14(19)5-4-8-18-16/h4-5,8,11,17H,3,6-7,9-10H2,1-2H3. The van der Waals surface area contributed by atoms with Gasteiger partial charge in [0.2, 0.25) is 0 Å². The molecule has 1 aliphatic carbocycles. The first-order valence-electron chi connectivity index (χ1n) is 7.52. The van der Waals surface area contributed by atoms with Crippen LogP contribution in [0.5, 0.6) is 0 Å². The molecule has 0 spiro atoms. The molecule has 0 amide bonds. The van der Waals surface area contributed by atoms with Crippen LogP contribution in [0.25, 0.3) is 11.0 Å². The third-order valence-electron chi connectivity index (χ3n) is 4.22. The molecule has 0 saturated carbocycles. The summed E-state index contributed by atoms with van der Waals surface area (Å²) >= 11 is 0. The molecule has 1 aliphatic rings. The van der Waals surface area contributed by atoms with Crippen molar-refractivity contribution in [3.63, 3.8) is 0 Å². The molecule has 5 nitrogen and oxygen atoms in total. The van der Waals surface area contributed by atoms with E-state index in [2.05, 4.69) is 14.9 Å². The van der Waals surface area contributed by atoms with Crippen LogP contribution in [-0.2, 0) is 28.9 Å². The van der Waals surface area contributed by atoms with Crippen LogP contribution in [0.4, 0.5) is 0 Å². The van der Waals surface area contributed by atoms with Gasteiger partial charge >= 0.3 is 5.97 Å². The monoisotopic (exact) mass is 287 g/mol. The van der Waals surface area contributed by atoms with Gasteiger partial charge in [-0.15, -0.1) is 0 Å². The van der Waals surface area contributed by atoms with Gasteiger partial charge in [-0.1, -0.05) is 0 Å². The fourth-order valence-electron chi connectivity index (χ4n) is 3.21. The topological polar surface area (TPSA) is 56.2 Å². The molecule has 2 aromatic rings. The molecule has 0 radical (unpaired) electrons. The van der Waals surface area contributed by atoms with Gasteiger partial charge < -0.3 is 14.6 Å². The van der Waals surface area contributed by atoms with E-state index in [0.717, 1.165) is 30.3 Å². The highest BCUT2D eigenvalue weighted by Gasteiger charge is 2.26. The number of rotatable bonds is 4. The number of nitrogens with one attached hydrogen (secondary N) is 1. The Bertz CT molecular complexity index is 663. The maximum absolute atomic E-state index is 11.9. The summed E-state index contributed by atoms with van der Waals surface area (Å²) in [5.41, 5.74) is 4.58. The van der Waals surface area contributed by atoms with E-state index in [-0.39, 0.29) is 12.5 Å². The number of hydrogen-bond donors (Lipinski definition) is 1. The number of hydrogen-bond acceptors (Lipinski definition) is 4. The van der Waals surface area contributed by atoms with Gasteiger partial charge in [0.25, 0.3) is 0 Å². The molecular weight excluding hydrogens is 266 g/mol. The minimum atomic E-state index is -0.184. The predicted octanol–water partition coefficient (Wildman–Crippen LogP) is 1.68. The highest BCUT2D eigenvalue weighted by atomic mass is 16.5. The lowest BCUT2D eigenvalue weighted by Crippen LogP contribution is -2.32. The third-order valence-corrected chi connectivity index (χ3v) is 4.22. The lowest BCUT2D eigenvalue weighted by atomic mass is 9.93. The molecule has 1 atom stereocenters. The van der Waals surface area contributed by atoms with Gasteiger partial charge in [-0.2, -0.15) is 0 Å². The Kier molecular flexibility index (Phi) is 3.92. The first kappa shape index (κ1) is 14.1. The molecule has 0 aromatic carbocycles. The van der Waals surface area contributed by atoms with Crippen LogP contribution in [0.3, 0.4) is 0 Å². The fourth-order valence-corrected chi connectivity index (χ4v) is 3.21. The van der Waals surface area contributed by atoms with Gasteiger partial charge in [0, 0.05) is 23.5 Å². The molecular formula is C16H21N3O2. The Hall–Kier alpha value is -1.88. The Labute approximate surface area is 124 Å². The van der Waals surface area contributed by atoms with Crippen molar-refractivity contribution in [1.29, 1.82) is 0 Å². The van der Waals surface area contributed by atoms with Crippen LogP contribution in [-0.4, -0.2) is 35.2 Å². The fraction of sp³-hybridized carbons (Fsp3) is 0.500. The largest absolute Gasteiger partial charge is 0.465 e. The van der Waals surface area contributed by atoms with E-state index in [1.165, 1.54) is 11.3 Å². The van der Waals surface area contributed by atoms with Crippen molar-refractivity contribution in [3.8, 4) is 0 Å². The second-order valence-corrected chi connectivity index (χ2v) is 5.42. The number of esters is 1. The van der Waals surface area contributed by atoms with Gasteiger partial charge in [0.05, 0.1) is 17.6 Å². The Morgan fingerprint density at radius 2 is 2.43 bits per heavy atom. The van der Waals surface area contributed by atoms with Gasteiger partial charge in [-0.05, 0) is 45.4 Å². The van der Waals surface area contributed by atoms with Gasteiger partial charge in [0.15, 0.2) is 0 Å².